The van der Waals surface area contributed by atoms with Crippen molar-refractivity contribution in [3.05, 3.63) is 57.6 Å². The Labute approximate surface area is 129 Å². The number of hydrogen-bond acceptors (Lipinski definition) is 2. The van der Waals surface area contributed by atoms with Crippen molar-refractivity contribution in [1.82, 2.24) is 0 Å². The molecule has 0 aliphatic rings. The summed E-state index contributed by atoms with van der Waals surface area (Å²) in [5.74, 6) is 0.862. The zero-order valence-electron chi connectivity index (χ0n) is 11.7. The second-order valence-electron chi connectivity index (χ2n) is 4.74. The summed E-state index contributed by atoms with van der Waals surface area (Å²) in [5, 5.41) is 4.62. The second kappa shape index (κ2) is 6.38. The molecule has 2 aromatic carbocycles. The van der Waals surface area contributed by atoms with Crippen molar-refractivity contribution in [3.63, 3.8) is 0 Å². The molecule has 106 valence electrons. The van der Waals surface area contributed by atoms with Crippen LogP contribution in [0.1, 0.15) is 24.1 Å². The number of aryl methyl sites for hydroxylation is 1. The van der Waals surface area contributed by atoms with E-state index >= 15 is 0 Å². The zero-order chi connectivity index (χ0) is 14.7. The first-order valence-corrected chi connectivity index (χ1v) is 7.13. The van der Waals surface area contributed by atoms with E-state index < -0.39 is 0 Å². The minimum atomic E-state index is 0.0727. The summed E-state index contributed by atoms with van der Waals surface area (Å²) in [4.78, 5) is 0. The van der Waals surface area contributed by atoms with Crippen LogP contribution in [0.3, 0.4) is 0 Å². The van der Waals surface area contributed by atoms with Gasteiger partial charge in [0, 0.05) is 10.6 Å². The van der Waals surface area contributed by atoms with Crippen LogP contribution >= 0.6 is 23.2 Å². The maximum absolute atomic E-state index is 6.19. The fraction of sp³-hybridized carbons (Fsp3) is 0.250. The number of nitrogens with one attached hydrogen (secondary N) is 1. The van der Waals surface area contributed by atoms with E-state index in [0.29, 0.717) is 10.0 Å². The molecule has 0 fully saturated rings. The van der Waals surface area contributed by atoms with Gasteiger partial charge < -0.3 is 10.1 Å². The first kappa shape index (κ1) is 15.0. The number of hydrogen-bond donors (Lipinski definition) is 1. The molecule has 0 bridgehead atoms. The maximum Gasteiger partial charge on any atom is 0.124 e. The fourth-order valence-electron chi connectivity index (χ4n) is 2.11. The van der Waals surface area contributed by atoms with E-state index in [1.807, 2.05) is 24.3 Å². The fourth-order valence-corrected chi connectivity index (χ4v) is 2.57. The van der Waals surface area contributed by atoms with Crippen LogP contribution in [0.15, 0.2) is 36.4 Å². The molecule has 0 amide bonds. The van der Waals surface area contributed by atoms with Crippen molar-refractivity contribution in [2.75, 3.05) is 12.4 Å². The highest BCUT2D eigenvalue weighted by atomic mass is 35.5. The van der Waals surface area contributed by atoms with Gasteiger partial charge in [0.15, 0.2) is 0 Å². The molecule has 4 heteroatoms. The third-order valence-electron chi connectivity index (χ3n) is 3.15. The van der Waals surface area contributed by atoms with E-state index in [0.717, 1.165) is 17.0 Å². The molecule has 0 aliphatic carbocycles. The minimum absolute atomic E-state index is 0.0727. The SMILES string of the molecule is COc1ccc(C)cc1C(C)Nc1ccc(Cl)cc1Cl. The molecule has 1 N–H and O–H groups in total. The van der Waals surface area contributed by atoms with Crippen molar-refractivity contribution in [1.29, 1.82) is 0 Å². The van der Waals surface area contributed by atoms with Crippen molar-refractivity contribution < 1.29 is 4.74 Å². The summed E-state index contributed by atoms with van der Waals surface area (Å²) < 4.78 is 5.41. The van der Waals surface area contributed by atoms with Gasteiger partial charge in [0.25, 0.3) is 0 Å². The summed E-state index contributed by atoms with van der Waals surface area (Å²) in [5.41, 5.74) is 3.14. The van der Waals surface area contributed by atoms with Crippen LogP contribution < -0.4 is 10.1 Å². The Morgan fingerprint density at radius 1 is 1.10 bits per heavy atom. The molecule has 1 unspecified atom stereocenters. The Morgan fingerprint density at radius 3 is 2.50 bits per heavy atom. The van der Waals surface area contributed by atoms with Crippen LogP contribution in [0.4, 0.5) is 5.69 Å². The van der Waals surface area contributed by atoms with Crippen molar-refractivity contribution >= 4 is 28.9 Å². The van der Waals surface area contributed by atoms with E-state index in [9.17, 15) is 0 Å². The minimum Gasteiger partial charge on any atom is -0.496 e. The number of benzene rings is 2. The monoisotopic (exact) mass is 309 g/mol. The largest absolute Gasteiger partial charge is 0.496 e. The third-order valence-corrected chi connectivity index (χ3v) is 3.70. The standard InChI is InChI=1S/C16H17Cl2NO/c1-10-4-7-16(20-3)13(8-10)11(2)19-15-6-5-12(17)9-14(15)18/h4-9,11,19H,1-3H3. The van der Waals surface area contributed by atoms with Gasteiger partial charge in [-0.05, 0) is 38.1 Å². The highest BCUT2D eigenvalue weighted by molar-refractivity contribution is 6.36. The Balaban J connectivity index is 2.27. The van der Waals surface area contributed by atoms with E-state index in [-0.39, 0.29) is 6.04 Å². The lowest BCUT2D eigenvalue weighted by Crippen LogP contribution is -2.08. The molecule has 0 heterocycles. The van der Waals surface area contributed by atoms with Crippen molar-refractivity contribution in [2.45, 2.75) is 19.9 Å². The average molecular weight is 310 g/mol. The topological polar surface area (TPSA) is 21.3 Å². The molecule has 0 radical (unpaired) electrons. The number of methoxy groups -OCH3 is 1. The number of ether oxygens (including phenoxy) is 1. The molecule has 2 aromatic rings. The second-order valence-corrected chi connectivity index (χ2v) is 5.58. The van der Waals surface area contributed by atoms with Crippen LogP contribution in [0, 0.1) is 6.92 Å². The van der Waals surface area contributed by atoms with Gasteiger partial charge in [0.1, 0.15) is 5.75 Å². The van der Waals surface area contributed by atoms with E-state index in [2.05, 4.69) is 25.2 Å². The lowest BCUT2D eigenvalue weighted by atomic mass is 10.0. The number of rotatable bonds is 4. The van der Waals surface area contributed by atoms with Crippen molar-refractivity contribution in [3.8, 4) is 5.75 Å². The van der Waals surface area contributed by atoms with E-state index in [1.165, 1.54) is 5.56 Å². The Bertz CT molecular complexity index is 613. The van der Waals surface area contributed by atoms with Gasteiger partial charge in [-0.1, -0.05) is 40.9 Å². The molecule has 0 aliphatic heterocycles. The Kier molecular flexibility index (Phi) is 4.79. The smallest absolute Gasteiger partial charge is 0.124 e. The summed E-state index contributed by atoms with van der Waals surface area (Å²) in [6, 6.07) is 11.6. The average Bonchev–Trinajstić information content (AvgIpc) is 2.41. The summed E-state index contributed by atoms with van der Waals surface area (Å²) in [7, 11) is 1.68. The van der Waals surface area contributed by atoms with Crippen LogP contribution in [0.5, 0.6) is 5.75 Å². The normalized spacial score (nSPS) is 12.1. The van der Waals surface area contributed by atoms with Gasteiger partial charge in [-0.3, -0.25) is 0 Å². The molecule has 0 saturated heterocycles. The highest BCUT2D eigenvalue weighted by Gasteiger charge is 2.13. The number of anilines is 1. The van der Waals surface area contributed by atoms with Crippen LogP contribution in [-0.4, -0.2) is 7.11 Å². The van der Waals surface area contributed by atoms with Gasteiger partial charge in [-0.25, -0.2) is 0 Å². The molecule has 0 aromatic heterocycles. The van der Waals surface area contributed by atoms with Crippen LogP contribution in [0.25, 0.3) is 0 Å². The Morgan fingerprint density at radius 2 is 1.85 bits per heavy atom. The quantitative estimate of drug-likeness (QED) is 0.807. The molecule has 0 saturated carbocycles. The summed E-state index contributed by atoms with van der Waals surface area (Å²) >= 11 is 12.1. The molecule has 1 atom stereocenters. The molecule has 2 nitrogen and oxygen atoms in total. The molecular formula is C16H17Cl2NO. The molecule has 20 heavy (non-hydrogen) atoms. The van der Waals surface area contributed by atoms with E-state index in [1.54, 1.807) is 13.2 Å². The predicted octanol–water partition coefficient (Wildman–Crippen LogP) is 5.48. The van der Waals surface area contributed by atoms with Crippen molar-refractivity contribution in [2.24, 2.45) is 0 Å². The van der Waals surface area contributed by atoms with Gasteiger partial charge in [0.05, 0.1) is 23.9 Å². The third kappa shape index (κ3) is 3.38. The first-order chi connectivity index (χ1) is 9.51. The van der Waals surface area contributed by atoms with Gasteiger partial charge in [-0.2, -0.15) is 0 Å². The van der Waals surface area contributed by atoms with Crippen LogP contribution in [0.2, 0.25) is 10.0 Å². The summed E-state index contributed by atoms with van der Waals surface area (Å²) in [6.45, 7) is 4.13. The zero-order valence-corrected chi connectivity index (χ0v) is 13.2. The lowest BCUT2D eigenvalue weighted by molar-refractivity contribution is 0.408. The molecule has 2 rings (SSSR count). The number of halogens is 2. The van der Waals surface area contributed by atoms with Gasteiger partial charge in [-0.15, -0.1) is 0 Å². The molecule has 0 spiro atoms. The van der Waals surface area contributed by atoms with E-state index in [4.69, 9.17) is 27.9 Å². The maximum atomic E-state index is 6.19. The van der Waals surface area contributed by atoms with Gasteiger partial charge in [0.2, 0.25) is 0 Å². The highest BCUT2D eigenvalue weighted by Crippen LogP contribution is 2.32. The van der Waals surface area contributed by atoms with Crippen LogP contribution in [-0.2, 0) is 0 Å². The van der Waals surface area contributed by atoms with Gasteiger partial charge >= 0.3 is 0 Å². The lowest BCUT2D eigenvalue weighted by Gasteiger charge is -2.20. The first-order valence-electron chi connectivity index (χ1n) is 6.37. The Hall–Kier alpha value is -1.38. The summed E-state index contributed by atoms with van der Waals surface area (Å²) in [6.07, 6.45) is 0. The predicted molar refractivity (Wildman–Crippen MR) is 86.2 cm³/mol. The molecular weight excluding hydrogens is 293 g/mol.